The zero-order valence-corrected chi connectivity index (χ0v) is 16.8. The van der Waals surface area contributed by atoms with Crippen LogP contribution in [0.2, 0.25) is 0 Å². The minimum atomic E-state index is -0.240. The maximum atomic E-state index is 12.5. The Bertz CT molecular complexity index is 946. The molecule has 0 radical (unpaired) electrons. The number of methoxy groups -OCH3 is 2. The number of pyridine rings is 2. The van der Waals surface area contributed by atoms with Crippen molar-refractivity contribution in [3.05, 3.63) is 72.2 Å². The second-order valence-electron chi connectivity index (χ2n) is 6.46. The summed E-state index contributed by atoms with van der Waals surface area (Å²) in [5, 5.41) is 2.85. The Morgan fingerprint density at radius 1 is 1.03 bits per heavy atom. The predicted octanol–water partition coefficient (Wildman–Crippen LogP) is 3.43. The van der Waals surface area contributed by atoms with E-state index in [9.17, 15) is 4.79 Å². The SMILES string of the molecule is COc1ccc(NC(=O)c2ccc(N(C)CCc3ccncc3)nc2)cc1OC. The van der Waals surface area contributed by atoms with Crippen LogP contribution < -0.4 is 19.7 Å². The van der Waals surface area contributed by atoms with E-state index in [0.29, 0.717) is 22.7 Å². The number of carbonyl (C=O) groups excluding carboxylic acids is 1. The number of nitrogens with one attached hydrogen (secondary N) is 1. The Kier molecular flexibility index (Phi) is 6.63. The van der Waals surface area contributed by atoms with Gasteiger partial charge in [0.15, 0.2) is 11.5 Å². The maximum absolute atomic E-state index is 12.5. The van der Waals surface area contributed by atoms with Crippen LogP contribution in [0.15, 0.2) is 61.1 Å². The van der Waals surface area contributed by atoms with Crippen molar-refractivity contribution in [1.82, 2.24) is 9.97 Å². The number of ether oxygens (including phenoxy) is 2. The zero-order chi connectivity index (χ0) is 20.6. The minimum absolute atomic E-state index is 0.240. The normalized spacial score (nSPS) is 10.3. The van der Waals surface area contributed by atoms with E-state index in [4.69, 9.17) is 9.47 Å². The van der Waals surface area contributed by atoms with Gasteiger partial charge in [-0.3, -0.25) is 9.78 Å². The first kappa shape index (κ1) is 20.1. The highest BCUT2D eigenvalue weighted by molar-refractivity contribution is 6.04. The minimum Gasteiger partial charge on any atom is -0.493 e. The van der Waals surface area contributed by atoms with Crippen molar-refractivity contribution in [2.75, 3.05) is 38.0 Å². The molecule has 0 atom stereocenters. The average Bonchev–Trinajstić information content (AvgIpc) is 2.78. The summed E-state index contributed by atoms with van der Waals surface area (Å²) in [5.74, 6) is 1.72. The van der Waals surface area contributed by atoms with E-state index < -0.39 is 0 Å². The molecule has 0 saturated heterocycles. The highest BCUT2D eigenvalue weighted by Crippen LogP contribution is 2.29. The van der Waals surface area contributed by atoms with Gasteiger partial charge in [-0.25, -0.2) is 4.98 Å². The zero-order valence-electron chi connectivity index (χ0n) is 16.8. The van der Waals surface area contributed by atoms with E-state index in [2.05, 4.69) is 20.2 Å². The fourth-order valence-electron chi connectivity index (χ4n) is 2.82. The Labute approximate surface area is 170 Å². The lowest BCUT2D eigenvalue weighted by atomic mass is 10.2. The number of amides is 1. The molecule has 1 amide bonds. The van der Waals surface area contributed by atoms with Gasteiger partial charge in [-0.15, -0.1) is 0 Å². The molecule has 7 nitrogen and oxygen atoms in total. The van der Waals surface area contributed by atoms with E-state index in [1.165, 1.54) is 5.56 Å². The van der Waals surface area contributed by atoms with Gasteiger partial charge in [0.05, 0.1) is 19.8 Å². The Hall–Kier alpha value is -3.61. The number of rotatable bonds is 8. The maximum Gasteiger partial charge on any atom is 0.257 e. The molecule has 2 heterocycles. The summed E-state index contributed by atoms with van der Waals surface area (Å²) in [6, 6.07) is 12.8. The van der Waals surface area contributed by atoms with E-state index in [-0.39, 0.29) is 5.91 Å². The number of nitrogens with zero attached hydrogens (tertiary/aromatic N) is 3. The first-order chi connectivity index (χ1) is 14.1. The first-order valence-electron chi connectivity index (χ1n) is 9.20. The standard InChI is InChI=1S/C22H24N4O3/c1-26(13-10-16-8-11-23-12-9-16)21-7-4-17(15-24-21)22(27)25-18-5-6-19(28-2)20(14-18)29-3/h4-9,11-12,14-15H,10,13H2,1-3H3,(H,25,27). The summed E-state index contributed by atoms with van der Waals surface area (Å²) < 4.78 is 10.5. The van der Waals surface area contributed by atoms with Crippen molar-refractivity contribution in [3.63, 3.8) is 0 Å². The average molecular weight is 392 g/mol. The molecule has 3 rings (SSSR count). The van der Waals surface area contributed by atoms with Gasteiger partial charge in [0.2, 0.25) is 0 Å². The van der Waals surface area contributed by atoms with Crippen LogP contribution in [0.1, 0.15) is 15.9 Å². The highest BCUT2D eigenvalue weighted by atomic mass is 16.5. The molecule has 0 aliphatic rings. The van der Waals surface area contributed by atoms with Gasteiger partial charge < -0.3 is 19.7 Å². The molecule has 0 aliphatic carbocycles. The number of hydrogen-bond acceptors (Lipinski definition) is 6. The number of benzene rings is 1. The van der Waals surface area contributed by atoms with Crippen LogP contribution in [-0.2, 0) is 6.42 Å². The summed E-state index contributed by atoms with van der Waals surface area (Å²) in [5.41, 5.74) is 2.31. The lowest BCUT2D eigenvalue weighted by Crippen LogP contribution is -2.21. The van der Waals surface area contributed by atoms with Crippen molar-refractivity contribution < 1.29 is 14.3 Å². The second kappa shape index (κ2) is 9.54. The lowest BCUT2D eigenvalue weighted by molar-refractivity contribution is 0.102. The Morgan fingerprint density at radius 3 is 2.45 bits per heavy atom. The van der Waals surface area contributed by atoms with Crippen LogP contribution in [0, 0.1) is 0 Å². The lowest BCUT2D eigenvalue weighted by Gasteiger charge is -2.18. The van der Waals surface area contributed by atoms with Crippen molar-refractivity contribution in [3.8, 4) is 11.5 Å². The third-order valence-corrected chi connectivity index (χ3v) is 4.53. The number of likely N-dealkylation sites (N-methyl/N-ethyl adjacent to an activating group) is 1. The summed E-state index contributed by atoms with van der Waals surface area (Å²) in [6.07, 6.45) is 6.05. The molecule has 1 aromatic carbocycles. The smallest absolute Gasteiger partial charge is 0.257 e. The van der Waals surface area contributed by atoms with Crippen molar-refractivity contribution in [2.45, 2.75) is 6.42 Å². The van der Waals surface area contributed by atoms with E-state index in [0.717, 1.165) is 18.8 Å². The molecular weight excluding hydrogens is 368 g/mol. The predicted molar refractivity (Wildman–Crippen MR) is 113 cm³/mol. The fourth-order valence-corrected chi connectivity index (χ4v) is 2.82. The van der Waals surface area contributed by atoms with E-state index >= 15 is 0 Å². The molecule has 29 heavy (non-hydrogen) atoms. The fraction of sp³-hybridized carbons (Fsp3) is 0.227. The van der Waals surface area contributed by atoms with Gasteiger partial charge in [-0.05, 0) is 48.4 Å². The molecule has 150 valence electrons. The summed E-state index contributed by atoms with van der Waals surface area (Å²) in [7, 11) is 5.10. The van der Waals surface area contributed by atoms with Crippen LogP contribution in [-0.4, -0.2) is 43.7 Å². The Morgan fingerprint density at radius 2 is 1.79 bits per heavy atom. The van der Waals surface area contributed by atoms with Crippen molar-refractivity contribution >= 4 is 17.4 Å². The summed E-state index contributed by atoms with van der Waals surface area (Å²) >= 11 is 0. The molecule has 0 spiro atoms. The number of anilines is 2. The number of carbonyl (C=O) groups is 1. The molecule has 7 heteroatoms. The molecular formula is C22H24N4O3. The molecule has 0 aliphatic heterocycles. The highest BCUT2D eigenvalue weighted by Gasteiger charge is 2.11. The molecule has 0 bridgehead atoms. The first-order valence-corrected chi connectivity index (χ1v) is 9.20. The number of hydrogen-bond donors (Lipinski definition) is 1. The number of aromatic nitrogens is 2. The van der Waals surface area contributed by atoms with Crippen LogP contribution in [0.5, 0.6) is 11.5 Å². The van der Waals surface area contributed by atoms with Crippen LogP contribution >= 0.6 is 0 Å². The topological polar surface area (TPSA) is 76.6 Å². The quantitative estimate of drug-likeness (QED) is 0.633. The molecule has 2 aromatic heterocycles. The van der Waals surface area contributed by atoms with E-state index in [1.807, 2.05) is 25.2 Å². The van der Waals surface area contributed by atoms with Crippen molar-refractivity contribution in [1.29, 1.82) is 0 Å². The van der Waals surface area contributed by atoms with Crippen molar-refractivity contribution in [2.24, 2.45) is 0 Å². The van der Waals surface area contributed by atoms with Crippen LogP contribution in [0.25, 0.3) is 0 Å². The monoisotopic (exact) mass is 392 g/mol. The van der Waals surface area contributed by atoms with Gasteiger partial charge in [-0.2, -0.15) is 0 Å². The third kappa shape index (κ3) is 5.22. The molecule has 0 fully saturated rings. The largest absolute Gasteiger partial charge is 0.493 e. The van der Waals surface area contributed by atoms with Gasteiger partial charge in [0.1, 0.15) is 5.82 Å². The van der Waals surface area contributed by atoms with Crippen LogP contribution in [0.3, 0.4) is 0 Å². The summed E-state index contributed by atoms with van der Waals surface area (Å²) in [6.45, 7) is 0.814. The Balaban J connectivity index is 1.61. The molecule has 0 saturated carbocycles. The van der Waals surface area contributed by atoms with Gasteiger partial charge in [-0.1, -0.05) is 0 Å². The molecule has 1 N–H and O–H groups in total. The third-order valence-electron chi connectivity index (χ3n) is 4.53. The van der Waals surface area contributed by atoms with Gasteiger partial charge >= 0.3 is 0 Å². The molecule has 0 unspecified atom stereocenters. The summed E-state index contributed by atoms with van der Waals surface area (Å²) in [4.78, 5) is 23.0. The van der Waals surface area contributed by atoms with Gasteiger partial charge in [0.25, 0.3) is 5.91 Å². The molecule has 3 aromatic rings. The van der Waals surface area contributed by atoms with E-state index in [1.54, 1.807) is 57.1 Å². The van der Waals surface area contributed by atoms with Crippen LogP contribution in [0.4, 0.5) is 11.5 Å². The second-order valence-corrected chi connectivity index (χ2v) is 6.46. The van der Waals surface area contributed by atoms with Gasteiger partial charge in [0, 0.05) is 43.9 Å².